The van der Waals surface area contributed by atoms with Gasteiger partial charge in [0.1, 0.15) is 11.8 Å². The monoisotopic (exact) mass is 216 g/mol. The van der Waals surface area contributed by atoms with E-state index in [0.29, 0.717) is 17.7 Å². The van der Waals surface area contributed by atoms with Crippen molar-refractivity contribution in [2.75, 3.05) is 18.0 Å². The van der Waals surface area contributed by atoms with E-state index >= 15 is 0 Å². The molecule has 0 amide bonds. The Morgan fingerprint density at radius 2 is 2.44 bits per heavy atom. The van der Waals surface area contributed by atoms with Crippen molar-refractivity contribution >= 4 is 5.69 Å². The number of piperidine rings is 1. The molecule has 1 saturated heterocycles. The third-order valence-electron chi connectivity index (χ3n) is 3.19. The van der Waals surface area contributed by atoms with Crippen LogP contribution in [0.5, 0.6) is 0 Å². The molecule has 0 radical (unpaired) electrons. The van der Waals surface area contributed by atoms with Crippen molar-refractivity contribution < 1.29 is 0 Å². The standard InChI is InChI=1S/C12H16N4/c1-9-8-16(5-3-12(9)14)11-2-4-15-10(6-11)7-13/h2,4,6,9,12H,3,5,8,14H2,1H3. The van der Waals surface area contributed by atoms with Crippen LogP contribution < -0.4 is 10.6 Å². The minimum Gasteiger partial charge on any atom is -0.371 e. The minimum atomic E-state index is 0.300. The molecule has 16 heavy (non-hydrogen) atoms. The number of pyridine rings is 1. The van der Waals surface area contributed by atoms with Crippen LogP contribution >= 0.6 is 0 Å². The van der Waals surface area contributed by atoms with Gasteiger partial charge in [-0.15, -0.1) is 0 Å². The van der Waals surface area contributed by atoms with Crippen LogP contribution in [0.15, 0.2) is 18.3 Å². The molecule has 2 heterocycles. The minimum absolute atomic E-state index is 0.300. The van der Waals surface area contributed by atoms with Crippen LogP contribution in [-0.2, 0) is 0 Å². The number of anilines is 1. The molecule has 0 aromatic carbocycles. The van der Waals surface area contributed by atoms with Crippen LogP contribution in [0.4, 0.5) is 5.69 Å². The third kappa shape index (κ3) is 2.15. The van der Waals surface area contributed by atoms with Gasteiger partial charge in [0.05, 0.1) is 0 Å². The maximum absolute atomic E-state index is 8.80. The van der Waals surface area contributed by atoms with Crippen LogP contribution in [0.3, 0.4) is 0 Å². The predicted octanol–water partition coefficient (Wildman–Crippen LogP) is 1.13. The Labute approximate surface area is 95.7 Å². The smallest absolute Gasteiger partial charge is 0.142 e. The van der Waals surface area contributed by atoms with Crippen LogP contribution in [0.2, 0.25) is 0 Å². The van der Waals surface area contributed by atoms with Gasteiger partial charge in [0.15, 0.2) is 0 Å². The first-order valence-corrected chi connectivity index (χ1v) is 5.57. The second kappa shape index (κ2) is 4.50. The van der Waals surface area contributed by atoms with Gasteiger partial charge in [0.2, 0.25) is 0 Å². The van der Waals surface area contributed by atoms with Gasteiger partial charge in [-0.2, -0.15) is 5.26 Å². The number of nitriles is 1. The molecule has 4 heteroatoms. The molecule has 1 aliphatic rings. The van der Waals surface area contributed by atoms with Gasteiger partial charge in [-0.1, -0.05) is 6.92 Å². The summed E-state index contributed by atoms with van der Waals surface area (Å²) in [5, 5.41) is 8.80. The average molecular weight is 216 g/mol. The quantitative estimate of drug-likeness (QED) is 0.764. The topological polar surface area (TPSA) is 65.9 Å². The Morgan fingerprint density at radius 3 is 3.12 bits per heavy atom. The molecule has 2 unspecified atom stereocenters. The van der Waals surface area contributed by atoms with Crippen LogP contribution in [-0.4, -0.2) is 24.1 Å². The van der Waals surface area contributed by atoms with E-state index in [0.717, 1.165) is 25.2 Å². The highest BCUT2D eigenvalue weighted by Gasteiger charge is 2.23. The first kappa shape index (κ1) is 10.9. The summed E-state index contributed by atoms with van der Waals surface area (Å²) in [5.41, 5.74) is 7.53. The van der Waals surface area contributed by atoms with Crippen molar-refractivity contribution in [2.24, 2.45) is 11.7 Å². The van der Waals surface area contributed by atoms with E-state index in [1.807, 2.05) is 12.1 Å². The highest BCUT2D eigenvalue weighted by atomic mass is 15.1. The van der Waals surface area contributed by atoms with Gasteiger partial charge >= 0.3 is 0 Å². The number of hydrogen-bond acceptors (Lipinski definition) is 4. The number of nitrogens with zero attached hydrogens (tertiary/aromatic N) is 3. The van der Waals surface area contributed by atoms with Crippen molar-refractivity contribution in [3.63, 3.8) is 0 Å². The molecule has 1 aromatic rings. The first-order valence-electron chi connectivity index (χ1n) is 5.57. The lowest BCUT2D eigenvalue weighted by Gasteiger charge is -2.36. The molecular formula is C12H16N4. The van der Waals surface area contributed by atoms with Crippen LogP contribution in [0, 0.1) is 17.2 Å². The van der Waals surface area contributed by atoms with E-state index in [-0.39, 0.29) is 0 Å². The molecule has 2 N–H and O–H groups in total. The molecule has 0 saturated carbocycles. The van der Waals surface area contributed by atoms with Crippen molar-refractivity contribution in [3.05, 3.63) is 24.0 Å². The summed E-state index contributed by atoms with van der Waals surface area (Å²) >= 11 is 0. The second-order valence-electron chi connectivity index (χ2n) is 4.39. The van der Waals surface area contributed by atoms with Gasteiger partial charge in [-0.05, 0) is 24.5 Å². The molecular weight excluding hydrogens is 200 g/mol. The summed E-state index contributed by atoms with van der Waals surface area (Å²) in [6.07, 6.45) is 2.69. The number of aromatic nitrogens is 1. The molecule has 2 atom stereocenters. The summed E-state index contributed by atoms with van der Waals surface area (Å²) in [6.45, 7) is 4.08. The van der Waals surface area contributed by atoms with E-state index < -0.39 is 0 Å². The average Bonchev–Trinajstić information content (AvgIpc) is 2.33. The Hall–Kier alpha value is -1.60. The molecule has 0 bridgehead atoms. The molecule has 1 aliphatic heterocycles. The molecule has 0 spiro atoms. The van der Waals surface area contributed by atoms with Crippen LogP contribution in [0.25, 0.3) is 0 Å². The highest BCUT2D eigenvalue weighted by Crippen LogP contribution is 2.22. The van der Waals surface area contributed by atoms with Gasteiger partial charge in [0, 0.05) is 31.0 Å². The predicted molar refractivity (Wildman–Crippen MR) is 62.9 cm³/mol. The second-order valence-corrected chi connectivity index (χ2v) is 4.39. The van der Waals surface area contributed by atoms with Crippen molar-refractivity contribution in [1.82, 2.24) is 4.98 Å². The zero-order valence-corrected chi connectivity index (χ0v) is 9.43. The summed E-state index contributed by atoms with van der Waals surface area (Å²) < 4.78 is 0. The van der Waals surface area contributed by atoms with E-state index in [9.17, 15) is 0 Å². The third-order valence-corrected chi connectivity index (χ3v) is 3.19. The summed E-state index contributed by atoms with van der Waals surface area (Å²) in [5.74, 6) is 0.493. The van der Waals surface area contributed by atoms with Gasteiger partial charge in [0.25, 0.3) is 0 Å². The van der Waals surface area contributed by atoms with Gasteiger partial charge < -0.3 is 10.6 Å². The molecule has 1 aromatic heterocycles. The fraction of sp³-hybridized carbons (Fsp3) is 0.500. The maximum atomic E-state index is 8.80. The Balaban J connectivity index is 2.16. The van der Waals surface area contributed by atoms with Gasteiger partial charge in [-0.25, -0.2) is 4.98 Å². The van der Waals surface area contributed by atoms with Crippen molar-refractivity contribution in [1.29, 1.82) is 5.26 Å². The molecule has 1 fully saturated rings. The van der Waals surface area contributed by atoms with E-state index in [1.54, 1.807) is 6.20 Å². The van der Waals surface area contributed by atoms with Crippen molar-refractivity contribution in [3.8, 4) is 6.07 Å². The van der Waals surface area contributed by atoms with E-state index in [4.69, 9.17) is 11.0 Å². The Morgan fingerprint density at radius 1 is 1.62 bits per heavy atom. The summed E-state index contributed by atoms with van der Waals surface area (Å²) in [4.78, 5) is 6.25. The van der Waals surface area contributed by atoms with E-state index in [1.165, 1.54) is 0 Å². The fourth-order valence-electron chi connectivity index (χ4n) is 2.08. The largest absolute Gasteiger partial charge is 0.371 e. The number of hydrogen-bond donors (Lipinski definition) is 1. The molecule has 4 nitrogen and oxygen atoms in total. The normalized spacial score (nSPS) is 25.2. The molecule has 0 aliphatic carbocycles. The summed E-state index contributed by atoms with van der Waals surface area (Å²) in [7, 11) is 0. The Bertz CT molecular complexity index is 410. The fourth-order valence-corrected chi connectivity index (χ4v) is 2.08. The summed E-state index contributed by atoms with van der Waals surface area (Å²) in [6, 6.07) is 6.15. The SMILES string of the molecule is CC1CN(c2ccnc(C#N)c2)CCC1N. The maximum Gasteiger partial charge on any atom is 0.142 e. The van der Waals surface area contributed by atoms with Crippen LogP contribution in [0.1, 0.15) is 19.0 Å². The molecule has 84 valence electrons. The van der Waals surface area contributed by atoms with Gasteiger partial charge in [-0.3, -0.25) is 0 Å². The Kier molecular flexibility index (Phi) is 3.07. The number of rotatable bonds is 1. The number of nitrogens with two attached hydrogens (primary N) is 1. The highest BCUT2D eigenvalue weighted by molar-refractivity contribution is 5.49. The zero-order chi connectivity index (χ0) is 11.5. The zero-order valence-electron chi connectivity index (χ0n) is 9.43. The molecule has 2 rings (SSSR count). The van der Waals surface area contributed by atoms with E-state index in [2.05, 4.69) is 22.9 Å². The lowest BCUT2D eigenvalue weighted by atomic mass is 9.94. The lowest BCUT2D eigenvalue weighted by molar-refractivity contribution is 0.383. The van der Waals surface area contributed by atoms with Crippen molar-refractivity contribution in [2.45, 2.75) is 19.4 Å². The lowest BCUT2D eigenvalue weighted by Crippen LogP contribution is -2.46. The first-order chi connectivity index (χ1) is 7.70.